The number of carbonyl (C=O) groups excluding carboxylic acids is 1. The second-order valence-electron chi connectivity index (χ2n) is 8.31. The molecule has 0 radical (unpaired) electrons. The molecule has 0 amide bonds. The van der Waals surface area contributed by atoms with Crippen LogP contribution in [0.25, 0.3) is 16.6 Å². The molecule has 1 N–H and O–H groups in total. The van der Waals surface area contributed by atoms with E-state index in [2.05, 4.69) is 6.07 Å². The quantitative estimate of drug-likeness (QED) is 0.253. The lowest BCUT2D eigenvalue weighted by Crippen LogP contribution is -2.13. The molecule has 0 aliphatic carbocycles. The molecule has 35 heavy (non-hydrogen) atoms. The summed E-state index contributed by atoms with van der Waals surface area (Å²) in [5.41, 5.74) is 3.43. The number of esters is 1. The molecule has 1 aromatic heterocycles. The average molecular weight is 486 g/mol. The second-order valence-corrected chi connectivity index (χ2v) is 9.36. The van der Waals surface area contributed by atoms with Crippen molar-refractivity contribution in [1.82, 2.24) is 9.47 Å². The highest BCUT2D eigenvalue weighted by atomic mass is 32.2. The molecule has 4 rings (SSSR count). The lowest BCUT2D eigenvalue weighted by Gasteiger charge is -2.15. The number of benzene rings is 3. The first-order valence-corrected chi connectivity index (χ1v) is 12.3. The van der Waals surface area contributed by atoms with E-state index < -0.39 is 5.97 Å². The lowest BCUT2D eigenvalue weighted by molar-refractivity contribution is 0.0527. The SMILES string of the molecule is CCOC(=O)c1c(CSc2ccccc2)n(-c2ccccc2)c2cc(C#N)c(O)c(CN(C)C)c12. The summed E-state index contributed by atoms with van der Waals surface area (Å²) in [7, 11) is 3.77. The molecule has 178 valence electrons. The van der Waals surface area contributed by atoms with Gasteiger partial charge in [0.1, 0.15) is 11.8 Å². The van der Waals surface area contributed by atoms with Gasteiger partial charge >= 0.3 is 5.97 Å². The van der Waals surface area contributed by atoms with Crippen molar-refractivity contribution >= 4 is 28.6 Å². The third-order valence-corrected chi connectivity index (χ3v) is 6.66. The van der Waals surface area contributed by atoms with Crippen LogP contribution in [0, 0.1) is 11.3 Å². The number of thioether (sulfide) groups is 1. The van der Waals surface area contributed by atoms with Crippen molar-refractivity contribution in [1.29, 1.82) is 5.26 Å². The third-order valence-electron chi connectivity index (χ3n) is 5.64. The number of phenolic OH excluding ortho intramolecular Hbond substituents is 1. The van der Waals surface area contributed by atoms with Crippen LogP contribution >= 0.6 is 11.8 Å². The number of aromatic nitrogens is 1. The number of nitrogens with zero attached hydrogens (tertiary/aromatic N) is 3. The normalized spacial score (nSPS) is 11.1. The minimum atomic E-state index is -0.444. The number of fused-ring (bicyclic) bond motifs is 1. The summed E-state index contributed by atoms with van der Waals surface area (Å²) in [5.74, 6) is -0.0575. The van der Waals surface area contributed by atoms with Gasteiger partial charge in [0.05, 0.1) is 23.3 Å². The number of phenols is 1. The highest BCUT2D eigenvalue weighted by Gasteiger charge is 2.29. The van der Waals surface area contributed by atoms with Crippen LogP contribution in [0.15, 0.2) is 71.6 Å². The minimum Gasteiger partial charge on any atom is -0.506 e. The molecule has 0 bridgehead atoms. The smallest absolute Gasteiger partial charge is 0.340 e. The fourth-order valence-corrected chi connectivity index (χ4v) is 5.15. The van der Waals surface area contributed by atoms with E-state index in [1.165, 1.54) is 0 Å². The molecular weight excluding hydrogens is 458 g/mol. The Hall–Kier alpha value is -3.73. The summed E-state index contributed by atoms with van der Waals surface area (Å²) in [6, 6.07) is 23.5. The first-order chi connectivity index (χ1) is 17.0. The van der Waals surface area contributed by atoms with E-state index in [1.54, 1.807) is 24.8 Å². The number of hydrogen-bond donors (Lipinski definition) is 1. The summed E-state index contributed by atoms with van der Waals surface area (Å²) >= 11 is 1.61. The van der Waals surface area contributed by atoms with Gasteiger partial charge in [-0.05, 0) is 51.4 Å². The van der Waals surface area contributed by atoms with Gasteiger partial charge < -0.3 is 19.3 Å². The van der Waals surface area contributed by atoms with E-state index >= 15 is 0 Å². The summed E-state index contributed by atoms with van der Waals surface area (Å²) < 4.78 is 7.52. The van der Waals surface area contributed by atoms with Crippen molar-refractivity contribution in [2.75, 3.05) is 20.7 Å². The van der Waals surface area contributed by atoms with Crippen molar-refractivity contribution < 1.29 is 14.6 Å². The Balaban J connectivity index is 2.09. The molecule has 6 nitrogen and oxygen atoms in total. The molecule has 0 atom stereocenters. The first kappa shape index (κ1) is 24.4. The molecule has 0 spiro atoms. The fourth-order valence-electron chi connectivity index (χ4n) is 4.23. The van der Waals surface area contributed by atoms with E-state index in [0.29, 0.717) is 34.3 Å². The van der Waals surface area contributed by atoms with Crippen LogP contribution in [0.3, 0.4) is 0 Å². The van der Waals surface area contributed by atoms with Gasteiger partial charge in [0.15, 0.2) is 0 Å². The van der Waals surface area contributed by atoms with Crippen molar-refractivity contribution in [3.05, 3.63) is 89.1 Å². The molecular formula is C28H27N3O3S. The van der Waals surface area contributed by atoms with Crippen molar-refractivity contribution in [3.8, 4) is 17.5 Å². The Morgan fingerprint density at radius 2 is 1.77 bits per heavy atom. The molecule has 0 saturated carbocycles. The number of ether oxygens (including phenoxy) is 1. The highest BCUT2D eigenvalue weighted by molar-refractivity contribution is 7.98. The predicted octanol–water partition coefficient (Wildman–Crippen LogP) is 5.74. The molecule has 0 fully saturated rings. The van der Waals surface area contributed by atoms with Gasteiger partial charge in [-0.1, -0.05) is 36.4 Å². The topological polar surface area (TPSA) is 78.5 Å². The first-order valence-electron chi connectivity index (χ1n) is 11.3. The van der Waals surface area contributed by atoms with Crippen LogP contribution < -0.4 is 0 Å². The Morgan fingerprint density at radius 1 is 1.11 bits per heavy atom. The molecule has 0 aliphatic rings. The predicted molar refractivity (Wildman–Crippen MR) is 139 cm³/mol. The number of hydrogen-bond acceptors (Lipinski definition) is 6. The van der Waals surface area contributed by atoms with Gasteiger partial charge in [-0.2, -0.15) is 5.26 Å². The lowest BCUT2D eigenvalue weighted by atomic mass is 10.00. The van der Waals surface area contributed by atoms with Crippen LogP contribution in [0.5, 0.6) is 5.75 Å². The van der Waals surface area contributed by atoms with Gasteiger partial charge in [-0.15, -0.1) is 11.8 Å². The summed E-state index contributed by atoms with van der Waals surface area (Å²) in [6.07, 6.45) is 0. The Labute approximate surface area is 209 Å². The summed E-state index contributed by atoms with van der Waals surface area (Å²) in [5, 5.41) is 21.4. The largest absolute Gasteiger partial charge is 0.506 e. The van der Waals surface area contributed by atoms with E-state index in [4.69, 9.17) is 4.74 Å². The van der Waals surface area contributed by atoms with Crippen LogP contribution in [0.2, 0.25) is 0 Å². The molecule has 0 saturated heterocycles. The van der Waals surface area contributed by atoms with Crippen LogP contribution in [0.1, 0.15) is 34.1 Å². The Bertz CT molecular complexity index is 1390. The Kier molecular flexibility index (Phi) is 7.45. The van der Waals surface area contributed by atoms with E-state index in [9.17, 15) is 15.2 Å². The number of nitriles is 1. The Morgan fingerprint density at radius 3 is 2.37 bits per heavy atom. The average Bonchev–Trinajstić information content (AvgIpc) is 3.19. The van der Waals surface area contributed by atoms with Gasteiger partial charge in [0.2, 0.25) is 0 Å². The van der Waals surface area contributed by atoms with Crippen LogP contribution in [-0.2, 0) is 17.0 Å². The standard InChI is InChI=1S/C28H27N3O3S/c1-4-34-28(33)26-24(18-35-21-13-9-6-10-14-21)31(20-11-7-5-8-12-20)23-15-19(16-29)27(32)22(25(23)26)17-30(2)3/h5-15,32H,4,17-18H2,1-3H3. The minimum absolute atomic E-state index is 0.105. The van der Waals surface area contributed by atoms with Crippen LogP contribution in [0.4, 0.5) is 0 Å². The maximum atomic E-state index is 13.4. The maximum absolute atomic E-state index is 13.4. The zero-order valence-electron chi connectivity index (χ0n) is 20.0. The second kappa shape index (κ2) is 10.7. The third kappa shape index (κ3) is 4.90. The fraction of sp³-hybridized carbons (Fsp3) is 0.214. The summed E-state index contributed by atoms with van der Waals surface area (Å²) in [6.45, 7) is 2.36. The monoisotopic (exact) mass is 485 g/mol. The number of carbonyl (C=O) groups is 1. The van der Waals surface area contributed by atoms with Crippen molar-refractivity contribution in [2.24, 2.45) is 0 Å². The van der Waals surface area contributed by atoms with Gasteiger partial charge in [-0.25, -0.2) is 4.79 Å². The number of para-hydroxylation sites is 1. The van der Waals surface area contributed by atoms with Gasteiger partial charge in [-0.3, -0.25) is 0 Å². The highest BCUT2D eigenvalue weighted by Crippen LogP contribution is 2.41. The zero-order chi connectivity index (χ0) is 24.9. The van der Waals surface area contributed by atoms with E-state index in [-0.39, 0.29) is 17.9 Å². The zero-order valence-corrected chi connectivity index (χ0v) is 20.8. The molecule has 7 heteroatoms. The van der Waals surface area contributed by atoms with Crippen molar-refractivity contribution in [2.45, 2.75) is 24.1 Å². The number of rotatable bonds is 8. The van der Waals surface area contributed by atoms with Crippen molar-refractivity contribution in [3.63, 3.8) is 0 Å². The number of aromatic hydroxyl groups is 1. The molecule has 1 heterocycles. The van der Waals surface area contributed by atoms with Crippen LogP contribution in [-0.4, -0.2) is 41.2 Å². The molecule has 4 aromatic rings. The van der Waals surface area contributed by atoms with E-state index in [0.717, 1.165) is 16.3 Å². The van der Waals surface area contributed by atoms with E-state index in [1.807, 2.05) is 84.2 Å². The molecule has 0 unspecified atom stereocenters. The van der Waals surface area contributed by atoms with Gasteiger partial charge in [0.25, 0.3) is 0 Å². The summed E-state index contributed by atoms with van der Waals surface area (Å²) in [4.78, 5) is 16.4. The van der Waals surface area contributed by atoms with Gasteiger partial charge in [0, 0.05) is 39.5 Å². The molecule has 3 aromatic carbocycles. The molecule has 0 aliphatic heterocycles. The maximum Gasteiger partial charge on any atom is 0.340 e.